The van der Waals surface area contributed by atoms with Crippen LogP contribution in [0.15, 0.2) is 36.7 Å². The second-order valence-electron chi connectivity index (χ2n) is 4.55. The lowest BCUT2D eigenvalue weighted by atomic mass is 10.2. The van der Waals surface area contributed by atoms with Gasteiger partial charge < -0.3 is 4.90 Å². The Morgan fingerprint density at radius 2 is 1.89 bits per heavy atom. The van der Waals surface area contributed by atoms with Gasteiger partial charge in [-0.1, -0.05) is 0 Å². The molecule has 0 N–H and O–H groups in total. The van der Waals surface area contributed by atoms with Crippen molar-refractivity contribution < 1.29 is 9.18 Å². The number of likely N-dealkylation sites (tertiary alicyclic amines) is 1. The summed E-state index contributed by atoms with van der Waals surface area (Å²) in [5.74, 6) is -0.411. The van der Waals surface area contributed by atoms with Crippen LogP contribution >= 0.6 is 0 Å². The highest BCUT2D eigenvalue weighted by atomic mass is 19.1. The molecule has 1 aromatic carbocycles. The zero-order valence-corrected chi connectivity index (χ0v) is 10.2. The lowest BCUT2D eigenvalue weighted by molar-refractivity contribution is 0.0786. The van der Waals surface area contributed by atoms with Crippen LogP contribution in [-0.2, 0) is 0 Å². The molecule has 1 aliphatic heterocycles. The summed E-state index contributed by atoms with van der Waals surface area (Å²) >= 11 is 0. The van der Waals surface area contributed by atoms with Gasteiger partial charge in [0.05, 0.1) is 18.4 Å². The van der Waals surface area contributed by atoms with Crippen LogP contribution in [0.4, 0.5) is 4.39 Å². The van der Waals surface area contributed by atoms with Crippen molar-refractivity contribution in [1.82, 2.24) is 19.9 Å². The van der Waals surface area contributed by atoms with E-state index in [0.29, 0.717) is 18.7 Å². The normalized spacial score (nSPS) is 18.8. The standard InChI is InChI=1S/C13H13FN4O/c14-11-3-1-10(2-4-11)13(19)17-8-5-12(9-17)18-15-6-7-16-18/h1-4,6-7,12H,5,8-9H2/t12-/m1/s1. The van der Waals surface area contributed by atoms with Gasteiger partial charge in [-0.25, -0.2) is 4.39 Å². The molecule has 3 rings (SSSR count). The smallest absolute Gasteiger partial charge is 0.253 e. The van der Waals surface area contributed by atoms with Gasteiger partial charge in [0.15, 0.2) is 0 Å². The minimum Gasteiger partial charge on any atom is -0.336 e. The Morgan fingerprint density at radius 3 is 2.58 bits per heavy atom. The molecule has 0 unspecified atom stereocenters. The van der Waals surface area contributed by atoms with Crippen LogP contribution in [0.3, 0.4) is 0 Å². The molecular weight excluding hydrogens is 247 g/mol. The fourth-order valence-electron chi connectivity index (χ4n) is 2.30. The number of carbonyl (C=O) groups is 1. The number of benzene rings is 1. The van der Waals surface area contributed by atoms with Crippen molar-refractivity contribution in [2.75, 3.05) is 13.1 Å². The molecule has 6 heteroatoms. The van der Waals surface area contributed by atoms with Crippen molar-refractivity contribution in [3.8, 4) is 0 Å². The minimum atomic E-state index is -0.336. The topological polar surface area (TPSA) is 51.0 Å². The highest BCUT2D eigenvalue weighted by Crippen LogP contribution is 2.21. The summed E-state index contributed by atoms with van der Waals surface area (Å²) in [5.41, 5.74) is 0.510. The fourth-order valence-corrected chi connectivity index (χ4v) is 2.30. The summed E-state index contributed by atoms with van der Waals surface area (Å²) < 4.78 is 12.8. The monoisotopic (exact) mass is 260 g/mol. The van der Waals surface area contributed by atoms with Gasteiger partial charge in [0.2, 0.25) is 0 Å². The zero-order valence-electron chi connectivity index (χ0n) is 10.2. The number of hydrogen-bond donors (Lipinski definition) is 0. The third kappa shape index (κ3) is 2.33. The summed E-state index contributed by atoms with van der Waals surface area (Å²) in [5, 5.41) is 8.19. The second-order valence-corrected chi connectivity index (χ2v) is 4.55. The Morgan fingerprint density at radius 1 is 1.21 bits per heavy atom. The van der Waals surface area contributed by atoms with Crippen LogP contribution in [0.2, 0.25) is 0 Å². The SMILES string of the molecule is O=C(c1ccc(F)cc1)N1CC[C@@H](n2nccn2)C1. The molecule has 1 amide bonds. The maximum absolute atomic E-state index is 12.8. The van der Waals surface area contributed by atoms with Crippen molar-refractivity contribution in [2.24, 2.45) is 0 Å². The third-order valence-electron chi connectivity index (χ3n) is 3.30. The summed E-state index contributed by atoms with van der Waals surface area (Å²) in [6.45, 7) is 1.26. The molecule has 0 spiro atoms. The molecule has 2 aromatic rings. The maximum atomic E-state index is 12.8. The molecule has 1 aromatic heterocycles. The van der Waals surface area contributed by atoms with Crippen LogP contribution in [0.1, 0.15) is 22.8 Å². The van der Waals surface area contributed by atoms with E-state index in [2.05, 4.69) is 10.2 Å². The van der Waals surface area contributed by atoms with E-state index in [0.717, 1.165) is 6.42 Å². The maximum Gasteiger partial charge on any atom is 0.253 e. The van der Waals surface area contributed by atoms with E-state index < -0.39 is 0 Å². The lowest BCUT2D eigenvalue weighted by Crippen LogP contribution is -2.29. The van der Waals surface area contributed by atoms with Crippen molar-refractivity contribution in [2.45, 2.75) is 12.5 Å². The quantitative estimate of drug-likeness (QED) is 0.822. The van der Waals surface area contributed by atoms with Crippen LogP contribution in [-0.4, -0.2) is 38.9 Å². The fraction of sp³-hybridized carbons (Fsp3) is 0.308. The zero-order chi connectivity index (χ0) is 13.2. The first-order valence-corrected chi connectivity index (χ1v) is 6.14. The molecule has 2 heterocycles. The largest absolute Gasteiger partial charge is 0.336 e. The molecule has 0 saturated carbocycles. The van der Waals surface area contributed by atoms with Crippen molar-refractivity contribution >= 4 is 5.91 Å². The minimum absolute atomic E-state index is 0.0744. The third-order valence-corrected chi connectivity index (χ3v) is 3.30. The first kappa shape index (κ1) is 11.8. The molecule has 0 radical (unpaired) electrons. The highest BCUT2D eigenvalue weighted by Gasteiger charge is 2.28. The average molecular weight is 260 g/mol. The molecule has 0 bridgehead atoms. The molecule has 1 aliphatic rings. The number of halogens is 1. The predicted octanol–water partition coefficient (Wildman–Crippen LogP) is 1.50. The predicted molar refractivity (Wildman–Crippen MR) is 66.0 cm³/mol. The van der Waals surface area contributed by atoms with Crippen molar-refractivity contribution in [3.05, 3.63) is 48.0 Å². The Bertz CT molecular complexity index is 567. The first-order chi connectivity index (χ1) is 9.24. The van der Waals surface area contributed by atoms with Gasteiger partial charge in [-0.3, -0.25) is 4.79 Å². The second kappa shape index (κ2) is 4.79. The van der Waals surface area contributed by atoms with Crippen molar-refractivity contribution in [1.29, 1.82) is 0 Å². The Hall–Kier alpha value is -2.24. The van der Waals surface area contributed by atoms with E-state index in [4.69, 9.17) is 0 Å². The number of nitrogens with zero attached hydrogens (tertiary/aromatic N) is 4. The summed E-state index contributed by atoms with van der Waals surface area (Å²) in [6, 6.07) is 5.75. The Balaban J connectivity index is 1.71. The lowest BCUT2D eigenvalue weighted by Gasteiger charge is -2.16. The van der Waals surface area contributed by atoms with Crippen molar-refractivity contribution in [3.63, 3.8) is 0 Å². The van der Waals surface area contributed by atoms with E-state index in [1.54, 1.807) is 22.1 Å². The van der Waals surface area contributed by atoms with E-state index in [9.17, 15) is 9.18 Å². The van der Waals surface area contributed by atoms with E-state index in [-0.39, 0.29) is 17.8 Å². The summed E-state index contributed by atoms with van der Waals surface area (Å²) in [4.78, 5) is 15.6. The first-order valence-electron chi connectivity index (χ1n) is 6.14. The van der Waals surface area contributed by atoms with Crippen LogP contribution < -0.4 is 0 Å². The number of aromatic nitrogens is 3. The number of amides is 1. The van der Waals surface area contributed by atoms with Gasteiger partial charge in [0.25, 0.3) is 5.91 Å². The Labute approximate surface area is 109 Å². The number of rotatable bonds is 2. The van der Waals surface area contributed by atoms with Gasteiger partial charge in [0.1, 0.15) is 5.82 Å². The molecule has 1 atom stereocenters. The average Bonchev–Trinajstić information content (AvgIpc) is 3.10. The molecule has 1 saturated heterocycles. The van der Waals surface area contributed by atoms with Gasteiger partial charge in [-0.05, 0) is 30.7 Å². The molecule has 19 heavy (non-hydrogen) atoms. The van der Waals surface area contributed by atoms with E-state index in [1.807, 2.05) is 0 Å². The van der Waals surface area contributed by atoms with Crippen LogP contribution in [0.5, 0.6) is 0 Å². The van der Waals surface area contributed by atoms with E-state index in [1.165, 1.54) is 24.3 Å². The highest BCUT2D eigenvalue weighted by molar-refractivity contribution is 5.94. The van der Waals surface area contributed by atoms with Gasteiger partial charge in [0, 0.05) is 18.7 Å². The van der Waals surface area contributed by atoms with Gasteiger partial charge in [-0.2, -0.15) is 15.0 Å². The summed E-state index contributed by atoms with van der Waals surface area (Å²) in [7, 11) is 0. The molecule has 1 fully saturated rings. The number of carbonyl (C=O) groups excluding carboxylic acids is 1. The van der Waals surface area contributed by atoms with Crippen LogP contribution in [0.25, 0.3) is 0 Å². The van der Waals surface area contributed by atoms with Crippen LogP contribution in [0, 0.1) is 5.82 Å². The van der Waals surface area contributed by atoms with Gasteiger partial charge in [-0.15, -0.1) is 0 Å². The Kier molecular flexibility index (Phi) is 2.98. The molecule has 0 aliphatic carbocycles. The summed E-state index contributed by atoms with van der Waals surface area (Å²) in [6.07, 6.45) is 4.09. The molecule has 5 nitrogen and oxygen atoms in total. The van der Waals surface area contributed by atoms with E-state index >= 15 is 0 Å². The number of hydrogen-bond acceptors (Lipinski definition) is 3. The van der Waals surface area contributed by atoms with Gasteiger partial charge >= 0.3 is 0 Å². The molecule has 98 valence electrons. The molecular formula is C13H13FN4O.